The van der Waals surface area contributed by atoms with Crippen molar-refractivity contribution < 1.29 is 0 Å². The second-order valence-corrected chi connectivity index (χ2v) is 5.61. The SMILES string of the molecule is CC(C)Nc1ccc2c(N3CCNCC3)nccc2c1. The number of hydrogen-bond acceptors (Lipinski definition) is 4. The van der Waals surface area contributed by atoms with Gasteiger partial charge in [-0.2, -0.15) is 0 Å². The zero-order valence-corrected chi connectivity index (χ0v) is 12.2. The fraction of sp³-hybridized carbons (Fsp3) is 0.438. The van der Waals surface area contributed by atoms with Gasteiger partial charge in [-0.05, 0) is 43.5 Å². The summed E-state index contributed by atoms with van der Waals surface area (Å²) in [7, 11) is 0. The second-order valence-electron chi connectivity index (χ2n) is 5.61. The number of fused-ring (bicyclic) bond motifs is 1. The third-order valence-corrected chi connectivity index (χ3v) is 3.62. The molecular weight excluding hydrogens is 248 g/mol. The lowest BCUT2D eigenvalue weighted by Gasteiger charge is -2.29. The molecule has 3 rings (SSSR count). The first-order valence-electron chi connectivity index (χ1n) is 7.35. The van der Waals surface area contributed by atoms with Gasteiger partial charge in [0.15, 0.2) is 0 Å². The molecule has 0 atom stereocenters. The van der Waals surface area contributed by atoms with Crippen molar-refractivity contribution in [1.29, 1.82) is 0 Å². The molecule has 1 aliphatic rings. The van der Waals surface area contributed by atoms with Crippen molar-refractivity contribution in [3.05, 3.63) is 30.5 Å². The number of benzene rings is 1. The third-order valence-electron chi connectivity index (χ3n) is 3.62. The van der Waals surface area contributed by atoms with Crippen molar-refractivity contribution in [1.82, 2.24) is 10.3 Å². The van der Waals surface area contributed by atoms with E-state index in [0.717, 1.165) is 32.0 Å². The first-order valence-corrected chi connectivity index (χ1v) is 7.35. The highest BCUT2D eigenvalue weighted by Gasteiger charge is 2.14. The Morgan fingerprint density at radius 2 is 2.00 bits per heavy atom. The van der Waals surface area contributed by atoms with E-state index in [1.165, 1.54) is 16.5 Å². The van der Waals surface area contributed by atoms with E-state index in [2.05, 4.69) is 58.6 Å². The van der Waals surface area contributed by atoms with Gasteiger partial charge >= 0.3 is 0 Å². The van der Waals surface area contributed by atoms with Crippen LogP contribution in [0.1, 0.15) is 13.8 Å². The molecule has 2 N–H and O–H groups in total. The van der Waals surface area contributed by atoms with Crippen molar-refractivity contribution in [3.8, 4) is 0 Å². The molecule has 0 bridgehead atoms. The summed E-state index contributed by atoms with van der Waals surface area (Å²) >= 11 is 0. The van der Waals surface area contributed by atoms with Crippen LogP contribution in [0.2, 0.25) is 0 Å². The topological polar surface area (TPSA) is 40.2 Å². The minimum atomic E-state index is 0.446. The van der Waals surface area contributed by atoms with Crippen LogP contribution in [0.4, 0.5) is 11.5 Å². The summed E-state index contributed by atoms with van der Waals surface area (Å²) in [5.41, 5.74) is 1.17. The Morgan fingerprint density at radius 3 is 2.75 bits per heavy atom. The summed E-state index contributed by atoms with van der Waals surface area (Å²) in [4.78, 5) is 6.97. The lowest BCUT2D eigenvalue weighted by molar-refractivity contribution is 0.586. The van der Waals surface area contributed by atoms with Crippen LogP contribution in [0.5, 0.6) is 0 Å². The predicted octanol–water partition coefficient (Wildman–Crippen LogP) is 2.46. The Hall–Kier alpha value is -1.81. The standard InChI is InChI=1S/C16H22N4/c1-12(2)19-14-3-4-15-13(11-14)5-6-18-16(15)20-9-7-17-8-10-20/h3-6,11-12,17,19H,7-10H2,1-2H3. The van der Waals surface area contributed by atoms with Crippen molar-refractivity contribution in [2.45, 2.75) is 19.9 Å². The van der Waals surface area contributed by atoms with Gasteiger partial charge in [0.2, 0.25) is 0 Å². The highest BCUT2D eigenvalue weighted by Crippen LogP contribution is 2.27. The van der Waals surface area contributed by atoms with Gasteiger partial charge in [-0.15, -0.1) is 0 Å². The van der Waals surface area contributed by atoms with Gasteiger partial charge in [0.1, 0.15) is 5.82 Å². The normalized spacial score (nSPS) is 15.8. The molecule has 0 spiro atoms. The van der Waals surface area contributed by atoms with E-state index >= 15 is 0 Å². The molecule has 1 saturated heterocycles. The predicted molar refractivity (Wildman–Crippen MR) is 85.6 cm³/mol. The van der Waals surface area contributed by atoms with Gasteiger partial charge in [-0.25, -0.2) is 4.98 Å². The van der Waals surface area contributed by atoms with Gasteiger partial charge < -0.3 is 15.5 Å². The summed E-state index contributed by atoms with van der Waals surface area (Å²) in [6.07, 6.45) is 1.92. The van der Waals surface area contributed by atoms with Crippen LogP contribution in [0, 0.1) is 0 Å². The Bertz CT molecular complexity index is 588. The number of aromatic nitrogens is 1. The van der Waals surface area contributed by atoms with E-state index in [1.54, 1.807) is 0 Å². The number of nitrogens with one attached hydrogen (secondary N) is 2. The molecule has 4 heteroatoms. The molecular formula is C16H22N4. The number of piperazine rings is 1. The molecule has 0 amide bonds. The van der Waals surface area contributed by atoms with Crippen LogP contribution in [0.3, 0.4) is 0 Å². The van der Waals surface area contributed by atoms with Crippen molar-refractivity contribution in [3.63, 3.8) is 0 Å². The summed E-state index contributed by atoms with van der Waals surface area (Å²) < 4.78 is 0. The summed E-state index contributed by atoms with van der Waals surface area (Å²) in [5, 5.41) is 9.32. The maximum atomic E-state index is 4.60. The molecule has 2 heterocycles. The monoisotopic (exact) mass is 270 g/mol. The van der Waals surface area contributed by atoms with Gasteiger partial charge in [0.05, 0.1) is 0 Å². The van der Waals surface area contributed by atoms with E-state index < -0.39 is 0 Å². The van der Waals surface area contributed by atoms with Crippen LogP contribution < -0.4 is 15.5 Å². The van der Waals surface area contributed by atoms with Crippen LogP contribution in [0.15, 0.2) is 30.5 Å². The minimum Gasteiger partial charge on any atom is -0.383 e. The second kappa shape index (κ2) is 5.67. The van der Waals surface area contributed by atoms with Gasteiger partial charge in [-0.3, -0.25) is 0 Å². The van der Waals surface area contributed by atoms with Crippen molar-refractivity contribution in [2.24, 2.45) is 0 Å². The molecule has 0 radical (unpaired) electrons. The molecule has 0 aliphatic carbocycles. The maximum absolute atomic E-state index is 4.60. The summed E-state index contributed by atoms with van der Waals surface area (Å²) in [5.74, 6) is 1.11. The fourth-order valence-electron chi connectivity index (χ4n) is 2.71. The highest BCUT2D eigenvalue weighted by molar-refractivity contribution is 5.94. The highest BCUT2D eigenvalue weighted by atomic mass is 15.2. The fourth-order valence-corrected chi connectivity index (χ4v) is 2.71. The largest absolute Gasteiger partial charge is 0.383 e. The molecule has 1 aromatic carbocycles. The van der Waals surface area contributed by atoms with Crippen molar-refractivity contribution >= 4 is 22.3 Å². The number of nitrogens with zero attached hydrogens (tertiary/aromatic N) is 2. The minimum absolute atomic E-state index is 0.446. The average Bonchev–Trinajstić information content (AvgIpc) is 2.46. The van der Waals surface area contributed by atoms with Gasteiger partial charge in [0.25, 0.3) is 0 Å². The number of pyridine rings is 1. The first kappa shape index (κ1) is 13.2. The smallest absolute Gasteiger partial charge is 0.136 e. The number of hydrogen-bond donors (Lipinski definition) is 2. The lowest BCUT2D eigenvalue weighted by atomic mass is 10.1. The Kier molecular flexibility index (Phi) is 3.74. The van der Waals surface area contributed by atoms with Crippen LogP contribution in [0.25, 0.3) is 10.8 Å². The zero-order chi connectivity index (χ0) is 13.9. The Morgan fingerprint density at radius 1 is 1.20 bits per heavy atom. The quantitative estimate of drug-likeness (QED) is 0.899. The molecule has 0 saturated carbocycles. The van der Waals surface area contributed by atoms with Crippen LogP contribution >= 0.6 is 0 Å². The number of rotatable bonds is 3. The van der Waals surface area contributed by atoms with Gasteiger partial charge in [0, 0.05) is 49.5 Å². The third kappa shape index (κ3) is 2.70. The first-order chi connectivity index (χ1) is 9.74. The lowest BCUT2D eigenvalue weighted by Crippen LogP contribution is -2.43. The van der Waals surface area contributed by atoms with E-state index in [-0.39, 0.29) is 0 Å². The van der Waals surface area contributed by atoms with E-state index in [4.69, 9.17) is 0 Å². The molecule has 1 aromatic heterocycles. The number of anilines is 2. The molecule has 2 aromatic rings. The Balaban J connectivity index is 1.97. The van der Waals surface area contributed by atoms with Crippen molar-refractivity contribution in [2.75, 3.05) is 36.4 Å². The molecule has 0 unspecified atom stereocenters. The summed E-state index contributed by atoms with van der Waals surface area (Å²) in [6, 6.07) is 9.08. The average molecular weight is 270 g/mol. The maximum Gasteiger partial charge on any atom is 0.136 e. The molecule has 4 nitrogen and oxygen atoms in total. The van der Waals surface area contributed by atoms with E-state index in [0.29, 0.717) is 6.04 Å². The van der Waals surface area contributed by atoms with Crippen LogP contribution in [-0.4, -0.2) is 37.2 Å². The van der Waals surface area contributed by atoms with E-state index in [1.807, 2.05) is 6.20 Å². The molecule has 1 aliphatic heterocycles. The summed E-state index contributed by atoms with van der Waals surface area (Å²) in [6.45, 7) is 8.43. The molecule has 1 fully saturated rings. The zero-order valence-electron chi connectivity index (χ0n) is 12.2. The van der Waals surface area contributed by atoms with E-state index in [9.17, 15) is 0 Å². The van der Waals surface area contributed by atoms with Crippen LogP contribution in [-0.2, 0) is 0 Å². The van der Waals surface area contributed by atoms with Gasteiger partial charge in [-0.1, -0.05) is 0 Å². The molecule has 20 heavy (non-hydrogen) atoms. The molecule has 106 valence electrons. The Labute approximate surface area is 120 Å².